The third kappa shape index (κ3) is 10.3. The number of ether oxygens (including phenoxy) is 3. The molecule has 0 aromatic heterocycles. The molecule has 0 saturated carbocycles. The molecule has 1 N–H and O–H groups in total. The van der Waals surface area contributed by atoms with Crippen LogP contribution in [-0.2, 0) is 4.74 Å². The zero-order valence-corrected chi connectivity index (χ0v) is 20.2. The second-order valence-corrected chi connectivity index (χ2v) is 11.5. The van der Waals surface area contributed by atoms with Crippen LogP contribution in [0.1, 0.15) is 94.8 Å². The van der Waals surface area contributed by atoms with Crippen LogP contribution in [0.4, 0.5) is 0 Å². The largest absolute Gasteiger partial charge is 0.484 e. The van der Waals surface area contributed by atoms with Gasteiger partial charge in [-0.1, -0.05) is 6.07 Å². The fourth-order valence-corrected chi connectivity index (χ4v) is 2.60. The lowest BCUT2D eigenvalue weighted by Gasteiger charge is -2.32. The van der Waals surface area contributed by atoms with Gasteiger partial charge in [-0.25, -0.2) is 0 Å². The zero-order valence-electron chi connectivity index (χ0n) is 20.2. The predicted octanol–water partition coefficient (Wildman–Crippen LogP) is 6.29. The van der Waals surface area contributed by atoms with Crippen molar-refractivity contribution in [1.29, 1.82) is 0 Å². The van der Waals surface area contributed by atoms with Crippen molar-refractivity contribution in [2.24, 2.45) is 0 Å². The van der Waals surface area contributed by atoms with Crippen LogP contribution in [0.2, 0.25) is 0 Å². The summed E-state index contributed by atoms with van der Waals surface area (Å²) in [6, 6.07) is 6.14. The summed E-state index contributed by atoms with van der Waals surface area (Å²) in [5.41, 5.74) is 0.216. The van der Waals surface area contributed by atoms with E-state index < -0.39 is 0 Å². The fourth-order valence-electron chi connectivity index (χ4n) is 2.60. The van der Waals surface area contributed by atoms with Gasteiger partial charge in [-0.2, -0.15) is 0 Å². The minimum atomic E-state index is -0.321. The molecule has 0 amide bonds. The van der Waals surface area contributed by atoms with E-state index in [1.165, 1.54) is 0 Å². The molecular weight excluding hydrogens is 350 g/mol. The van der Waals surface area contributed by atoms with Gasteiger partial charge in [0.2, 0.25) is 0 Å². The summed E-state index contributed by atoms with van der Waals surface area (Å²) in [6.45, 7) is 25.7. The number of hydrogen-bond donors (Lipinski definition) is 1. The van der Waals surface area contributed by atoms with Gasteiger partial charge in [0.1, 0.15) is 11.2 Å². The smallest absolute Gasteiger partial charge is 0.162 e. The molecule has 1 rings (SSSR count). The van der Waals surface area contributed by atoms with Gasteiger partial charge >= 0.3 is 0 Å². The Balaban J connectivity index is 3.30. The molecule has 1 atom stereocenters. The minimum absolute atomic E-state index is 0.0134. The average Bonchev–Trinajstić information content (AvgIpc) is 2.40. The van der Waals surface area contributed by atoms with Crippen molar-refractivity contribution in [3.8, 4) is 11.5 Å². The van der Waals surface area contributed by atoms with Crippen molar-refractivity contribution in [2.75, 3.05) is 6.54 Å². The van der Waals surface area contributed by atoms with Gasteiger partial charge in [-0.15, -0.1) is 0 Å². The minimum Gasteiger partial charge on any atom is -0.484 e. The van der Waals surface area contributed by atoms with E-state index in [9.17, 15) is 0 Å². The summed E-state index contributed by atoms with van der Waals surface area (Å²) in [7, 11) is 0. The van der Waals surface area contributed by atoms with Crippen LogP contribution in [0.15, 0.2) is 18.2 Å². The molecule has 4 heteroatoms. The van der Waals surface area contributed by atoms with E-state index in [-0.39, 0.29) is 28.4 Å². The highest BCUT2D eigenvalue weighted by atomic mass is 16.5. The van der Waals surface area contributed by atoms with Crippen molar-refractivity contribution < 1.29 is 14.2 Å². The van der Waals surface area contributed by atoms with Gasteiger partial charge in [0.25, 0.3) is 0 Å². The van der Waals surface area contributed by atoms with Crippen molar-refractivity contribution in [2.45, 2.75) is 112 Å². The van der Waals surface area contributed by atoms with E-state index in [0.717, 1.165) is 23.6 Å². The summed E-state index contributed by atoms with van der Waals surface area (Å²) < 4.78 is 18.8. The summed E-state index contributed by atoms with van der Waals surface area (Å²) in [4.78, 5) is 0. The number of rotatable bonds is 6. The molecule has 0 fully saturated rings. The van der Waals surface area contributed by atoms with Crippen LogP contribution in [0.25, 0.3) is 0 Å². The Bertz CT molecular complexity index is 625. The highest BCUT2D eigenvalue weighted by Crippen LogP contribution is 2.36. The first-order valence-electron chi connectivity index (χ1n) is 10.3. The molecule has 0 bridgehead atoms. The molecule has 28 heavy (non-hydrogen) atoms. The normalized spacial score (nSPS) is 14.7. The van der Waals surface area contributed by atoms with Crippen molar-refractivity contribution in [3.05, 3.63) is 23.8 Å². The van der Waals surface area contributed by atoms with Crippen molar-refractivity contribution >= 4 is 0 Å². The predicted molar refractivity (Wildman–Crippen MR) is 119 cm³/mol. The molecular formula is C24H43NO3. The average molecular weight is 394 g/mol. The second kappa shape index (κ2) is 8.62. The summed E-state index contributed by atoms with van der Waals surface area (Å²) in [5.74, 6) is 1.50. The van der Waals surface area contributed by atoms with Gasteiger partial charge in [0.15, 0.2) is 11.5 Å². The van der Waals surface area contributed by atoms with Gasteiger partial charge in [0, 0.05) is 12.1 Å². The highest BCUT2D eigenvalue weighted by molar-refractivity contribution is 5.44. The quantitative estimate of drug-likeness (QED) is 0.617. The number of benzene rings is 1. The van der Waals surface area contributed by atoms with Crippen LogP contribution in [0.5, 0.6) is 11.5 Å². The van der Waals surface area contributed by atoms with E-state index in [1.54, 1.807) is 0 Å². The Hall–Kier alpha value is -1.26. The van der Waals surface area contributed by atoms with E-state index >= 15 is 0 Å². The SMILES string of the molecule is CC(C)(C)NC[C@H](OC(C)(C)C)c1ccc(OC(C)(C)C)c(OC(C)(C)C)c1. The van der Waals surface area contributed by atoms with Gasteiger partial charge in [0.05, 0.1) is 11.7 Å². The number of hydrogen-bond acceptors (Lipinski definition) is 4. The Morgan fingerprint density at radius 3 is 1.64 bits per heavy atom. The van der Waals surface area contributed by atoms with Crippen LogP contribution in [0.3, 0.4) is 0 Å². The first-order valence-corrected chi connectivity index (χ1v) is 10.3. The lowest BCUT2D eigenvalue weighted by Crippen LogP contribution is -2.40. The van der Waals surface area contributed by atoms with Gasteiger partial charge in [-0.05, 0) is 101 Å². The maximum atomic E-state index is 6.39. The molecule has 0 aliphatic rings. The monoisotopic (exact) mass is 393 g/mol. The van der Waals surface area contributed by atoms with Crippen LogP contribution >= 0.6 is 0 Å². The van der Waals surface area contributed by atoms with Crippen LogP contribution < -0.4 is 14.8 Å². The van der Waals surface area contributed by atoms with Gasteiger partial charge in [-0.3, -0.25) is 0 Å². The van der Waals surface area contributed by atoms with Crippen molar-refractivity contribution in [3.63, 3.8) is 0 Å². The molecule has 0 saturated heterocycles. The molecule has 1 aromatic carbocycles. The standard InChI is InChI=1S/C24H43NO3/c1-21(2,3)25-16-20(28-24(10,11)12)17-13-14-18(26-22(4,5)6)19(15-17)27-23(7,8)9/h13-15,20,25H,16H2,1-12H3/t20-/m0/s1. The Morgan fingerprint density at radius 2 is 1.21 bits per heavy atom. The molecule has 0 heterocycles. The summed E-state index contributed by atoms with van der Waals surface area (Å²) >= 11 is 0. The lowest BCUT2D eigenvalue weighted by molar-refractivity contribution is -0.0626. The Morgan fingerprint density at radius 1 is 0.714 bits per heavy atom. The summed E-state index contributed by atoms with van der Waals surface area (Å²) in [5, 5.41) is 3.57. The molecule has 0 unspecified atom stereocenters. The van der Waals surface area contributed by atoms with E-state index in [2.05, 4.69) is 59.0 Å². The molecule has 0 aliphatic heterocycles. The maximum Gasteiger partial charge on any atom is 0.162 e. The van der Waals surface area contributed by atoms with E-state index in [0.29, 0.717) is 0 Å². The molecule has 1 aromatic rings. The van der Waals surface area contributed by atoms with Crippen LogP contribution in [0, 0.1) is 0 Å². The summed E-state index contributed by atoms with van der Waals surface area (Å²) in [6.07, 6.45) is -0.0924. The molecule has 0 aliphatic carbocycles. The number of nitrogens with one attached hydrogen (secondary N) is 1. The fraction of sp³-hybridized carbons (Fsp3) is 0.750. The van der Waals surface area contributed by atoms with E-state index in [1.807, 2.05) is 47.6 Å². The zero-order chi connectivity index (χ0) is 22.0. The molecule has 0 radical (unpaired) electrons. The van der Waals surface area contributed by atoms with Gasteiger partial charge < -0.3 is 19.5 Å². The Labute approximate surface area is 173 Å². The topological polar surface area (TPSA) is 39.7 Å². The van der Waals surface area contributed by atoms with E-state index in [4.69, 9.17) is 14.2 Å². The first-order chi connectivity index (χ1) is 12.3. The lowest BCUT2D eigenvalue weighted by atomic mass is 10.0. The highest BCUT2D eigenvalue weighted by Gasteiger charge is 2.26. The maximum absolute atomic E-state index is 6.39. The Kier molecular flexibility index (Phi) is 7.63. The molecule has 0 spiro atoms. The first kappa shape index (κ1) is 24.8. The molecule has 4 nitrogen and oxygen atoms in total. The second-order valence-electron chi connectivity index (χ2n) is 11.5. The third-order valence-corrected chi connectivity index (χ3v) is 3.49. The van der Waals surface area contributed by atoms with Crippen molar-refractivity contribution in [1.82, 2.24) is 5.32 Å². The molecule has 162 valence electrons. The third-order valence-electron chi connectivity index (χ3n) is 3.49. The van der Waals surface area contributed by atoms with Crippen LogP contribution in [-0.4, -0.2) is 28.9 Å².